The van der Waals surface area contributed by atoms with Gasteiger partial charge >= 0.3 is 11.9 Å². The van der Waals surface area contributed by atoms with E-state index in [9.17, 15) is 14.4 Å². The van der Waals surface area contributed by atoms with Crippen molar-refractivity contribution >= 4 is 34.3 Å². The van der Waals surface area contributed by atoms with Crippen molar-refractivity contribution in [2.24, 2.45) is 0 Å². The number of halogens is 1. The number of likely N-dealkylation sites (tertiary alicyclic amines) is 1. The molecule has 2 heterocycles. The van der Waals surface area contributed by atoms with Crippen LogP contribution in [0.4, 0.5) is 0 Å². The Balaban J connectivity index is 0.000000371. The van der Waals surface area contributed by atoms with Crippen LogP contribution in [-0.4, -0.2) is 57.0 Å². The Morgan fingerprint density at radius 2 is 1.63 bits per heavy atom. The molecular weight excluding hydrogens is 470 g/mol. The van der Waals surface area contributed by atoms with Gasteiger partial charge in [0, 0.05) is 29.0 Å². The molecule has 1 aromatic heterocycles. The molecule has 1 atom stereocenters. The quantitative estimate of drug-likeness (QED) is 0.512. The van der Waals surface area contributed by atoms with Crippen molar-refractivity contribution in [3.05, 3.63) is 87.3 Å². The van der Waals surface area contributed by atoms with Crippen molar-refractivity contribution in [1.29, 1.82) is 0 Å². The maximum absolute atomic E-state index is 13.1. The van der Waals surface area contributed by atoms with Crippen molar-refractivity contribution in [3.8, 4) is 0 Å². The van der Waals surface area contributed by atoms with E-state index in [0.29, 0.717) is 18.6 Å². The van der Waals surface area contributed by atoms with Crippen LogP contribution in [-0.2, 0) is 16.0 Å². The lowest BCUT2D eigenvalue weighted by molar-refractivity contribution is -0.134. The number of aliphatic carboxylic acids is 2. The molecule has 0 bridgehead atoms. The fraction of sp³-hybridized carbons (Fsp3) is 0.308. The van der Waals surface area contributed by atoms with Gasteiger partial charge in [0.25, 0.3) is 5.56 Å². The summed E-state index contributed by atoms with van der Waals surface area (Å²) in [5, 5.41) is 22.9. The second-order valence-corrected chi connectivity index (χ2v) is 8.88. The van der Waals surface area contributed by atoms with Gasteiger partial charge in [0.15, 0.2) is 0 Å². The zero-order valence-electron chi connectivity index (χ0n) is 19.4. The van der Waals surface area contributed by atoms with Crippen LogP contribution in [0, 0.1) is 0 Å². The number of nitrogens with zero attached hydrogens (tertiary/aromatic N) is 3. The zero-order chi connectivity index (χ0) is 25.4. The standard InChI is InChI=1S/C22H24ClN3O.C4H4O4/c1-25-13-4-5-18(12-14-25)26-22(27)20-7-3-2-6-19(20)21(24-26)15-16-8-10-17(23)11-9-16;5-3(6)1-2-4(7)8/h2-3,6-11,18H,4-5,12-15H2,1H3;1-2H,(H,5,6)(H,7,8)/b;2-1+. The Morgan fingerprint density at radius 1 is 1.00 bits per heavy atom. The van der Waals surface area contributed by atoms with Crippen molar-refractivity contribution in [3.63, 3.8) is 0 Å². The fourth-order valence-electron chi connectivity index (χ4n) is 4.06. The second-order valence-electron chi connectivity index (χ2n) is 8.44. The molecule has 0 saturated carbocycles. The Morgan fingerprint density at radius 3 is 2.26 bits per heavy atom. The van der Waals surface area contributed by atoms with Gasteiger partial charge in [-0.3, -0.25) is 4.79 Å². The number of carbonyl (C=O) groups is 2. The summed E-state index contributed by atoms with van der Waals surface area (Å²) < 4.78 is 1.76. The van der Waals surface area contributed by atoms with E-state index in [4.69, 9.17) is 26.9 Å². The first kappa shape index (κ1) is 26.1. The van der Waals surface area contributed by atoms with Gasteiger partial charge in [-0.1, -0.05) is 41.9 Å². The molecule has 9 heteroatoms. The Kier molecular flexibility index (Phi) is 9.17. The Labute approximate surface area is 208 Å². The van der Waals surface area contributed by atoms with Crippen LogP contribution in [0.5, 0.6) is 0 Å². The van der Waals surface area contributed by atoms with E-state index in [1.807, 2.05) is 48.5 Å². The number of fused-ring (bicyclic) bond motifs is 1. The first-order valence-corrected chi connectivity index (χ1v) is 11.7. The van der Waals surface area contributed by atoms with Crippen LogP contribution < -0.4 is 5.56 Å². The second kappa shape index (κ2) is 12.3. The summed E-state index contributed by atoms with van der Waals surface area (Å²) >= 11 is 6.02. The highest BCUT2D eigenvalue weighted by Crippen LogP contribution is 2.23. The molecule has 2 N–H and O–H groups in total. The lowest BCUT2D eigenvalue weighted by atomic mass is 10.0. The smallest absolute Gasteiger partial charge is 0.328 e. The van der Waals surface area contributed by atoms with E-state index < -0.39 is 11.9 Å². The molecule has 1 unspecified atom stereocenters. The molecule has 3 aromatic rings. The van der Waals surface area contributed by atoms with E-state index in [1.165, 1.54) is 0 Å². The molecule has 4 rings (SSSR count). The highest BCUT2D eigenvalue weighted by atomic mass is 35.5. The van der Waals surface area contributed by atoms with Gasteiger partial charge in [0.1, 0.15) is 0 Å². The zero-order valence-corrected chi connectivity index (χ0v) is 20.2. The minimum atomic E-state index is -1.26. The van der Waals surface area contributed by atoms with Crippen molar-refractivity contribution in [2.45, 2.75) is 31.7 Å². The summed E-state index contributed by atoms with van der Waals surface area (Å²) in [6.45, 7) is 2.08. The summed E-state index contributed by atoms with van der Waals surface area (Å²) in [6, 6.07) is 15.8. The molecule has 2 aromatic carbocycles. The van der Waals surface area contributed by atoms with Crippen molar-refractivity contribution in [1.82, 2.24) is 14.7 Å². The predicted molar refractivity (Wildman–Crippen MR) is 135 cm³/mol. The number of carboxylic acid groups (broad SMARTS) is 2. The van der Waals surface area contributed by atoms with Gasteiger partial charge in [-0.15, -0.1) is 0 Å². The van der Waals surface area contributed by atoms with Crippen LogP contribution >= 0.6 is 11.6 Å². The van der Waals surface area contributed by atoms with E-state index in [1.54, 1.807) is 4.68 Å². The minimum absolute atomic E-state index is 0.0278. The van der Waals surface area contributed by atoms with Crippen LogP contribution in [0.1, 0.15) is 36.6 Å². The third kappa shape index (κ3) is 7.50. The maximum atomic E-state index is 13.1. The fourth-order valence-corrected chi connectivity index (χ4v) is 4.18. The van der Waals surface area contributed by atoms with Crippen LogP contribution in [0.25, 0.3) is 10.8 Å². The van der Waals surface area contributed by atoms with Gasteiger partial charge in [-0.25, -0.2) is 14.3 Å². The highest BCUT2D eigenvalue weighted by Gasteiger charge is 2.21. The molecule has 0 aliphatic carbocycles. The third-order valence-electron chi connectivity index (χ3n) is 5.83. The normalized spacial score (nSPS) is 16.5. The number of hydrogen-bond acceptors (Lipinski definition) is 5. The summed E-state index contributed by atoms with van der Waals surface area (Å²) in [5.41, 5.74) is 2.12. The summed E-state index contributed by atoms with van der Waals surface area (Å²) in [6.07, 6.45) is 4.85. The topological polar surface area (TPSA) is 113 Å². The summed E-state index contributed by atoms with van der Waals surface area (Å²) in [7, 11) is 2.14. The molecule has 1 aliphatic rings. The molecule has 1 saturated heterocycles. The molecular formula is C26H28ClN3O5. The molecule has 8 nitrogen and oxygen atoms in total. The average Bonchev–Trinajstić information content (AvgIpc) is 3.06. The van der Waals surface area contributed by atoms with Crippen LogP contribution in [0.15, 0.2) is 65.5 Å². The number of rotatable bonds is 5. The van der Waals surface area contributed by atoms with E-state index in [-0.39, 0.29) is 11.6 Å². The van der Waals surface area contributed by atoms with Crippen LogP contribution in [0.2, 0.25) is 5.02 Å². The lowest BCUT2D eigenvalue weighted by Gasteiger charge is -2.19. The van der Waals surface area contributed by atoms with E-state index >= 15 is 0 Å². The van der Waals surface area contributed by atoms with Gasteiger partial charge in [-0.05, 0) is 63.2 Å². The first-order chi connectivity index (χ1) is 16.7. The van der Waals surface area contributed by atoms with Gasteiger partial charge < -0.3 is 15.1 Å². The van der Waals surface area contributed by atoms with Gasteiger partial charge in [-0.2, -0.15) is 5.10 Å². The first-order valence-electron chi connectivity index (χ1n) is 11.3. The number of aromatic nitrogens is 2. The predicted octanol–water partition coefficient (Wildman–Crippen LogP) is 4.01. The minimum Gasteiger partial charge on any atom is -0.478 e. The summed E-state index contributed by atoms with van der Waals surface area (Å²) in [4.78, 5) is 34.6. The SMILES string of the molecule is CN1CCCC(n2nc(Cc3ccc(Cl)cc3)c3ccccc3c2=O)CC1.O=C(O)/C=C/C(=O)O. The Bertz CT molecular complexity index is 1250. The van der Waals surface area contributed by atoms with E-state index in [2.05, 4.69) is 11.9 Å². The molecule has 0 radical (unpaired) electrons. The van der Waals surface area contributed by atoms with Crippen molar-refractivity contribution < 1.29 is 19.8 Å². The maximum Gasteiger partial charge on any atom is 0.328 e. The van der Waals surface area contributed by atoms with Crippen molar-refractivity contribution in [2.75, 3.05) is 20.1 Å². The van der Waals surface area contributed by atoms with Crippen LogP contribution in [0.3, 0.4) is 0 Å². The van der Waals surface area contributed by atoms with E-state index in [0.717, 1.165) is 59.4 Å². The number of carboxylic acids is 2. The average molecular weight is 498 g/mol. The number of hydrogen-bond donors (Lipinski definition) is 2. The highest BCUT2D eigenvalue weighted by molar-refractivity contribution is 6.30. The third-order valence-corrected chi connectivity index (χ3v) is 6.08. The molecule has 35 heavy (non-hydrogen) atoms. The number of benzene rings is 2. The lowest BCUT2D eigenvalue weighted by Crippen LogP contribution is -2.29. The molecule has 184 valence electrons. The molecule has 1 aliphatic heterocycles. The van der Waals surface area contributed by atoms with Gasteiger partial charge in [0.2, 0.25) is 0 Å². The largest absolute Gasteiger partial charge is 0.478 e. The monoisotopic (exact) mass is 497 g/mol. The molecule has 1 fully saturated rings. The Hall–Kier alpha value is -3.49. The summed E-state index contributed by atoms with van der Waals surface area (Å²) in [5.74, 6) is -2.51. The molecule has 0 spiro atoms. The molecule has 0 amide bonds. The van der Waals surface area contributed by atoms with Gasteiger partial charge in [0.05, 0.1) is 17.1 Å².